The molecule has 0 saturated carbocycles. The van der Waals surface area contributed by atoms with Crippen molar-refractivity contribution in [3.63, 3.8) is 0 Å². The van der Waals surface area contributed by atoms with Crippen molar-refractivity contribution < 1.29 is 18.0 Å². The van der Waals surface area contributed by atoms with Gasteiger partial charge in [-0.1, -0.05) is 41.9 Å². The van der Waals surface area contributed by atoms with E-state index in [-0.39, 0.29) is 30.8 Å². The average Bonchev–Trinajstić information content (AvgIpc) is 2.74. The number of nitrogens with zero attached hydrogens (tertiary/aromatic N) is 2. The summed E-state index contributed by atoms with van der Waals surface area (Å²) >= 11 is 6.04. The third-order valence-electron chi connectivity index (χ3n) is 5.45. The van der Waals surface area contributed by atoms with Crippen molar-refractivity contribution in [2.45, 2.75) is 59.2 Å². The van der Waals surface area contributed by atoms with Crippen molar-refractivity contribution in [3.8, 4) is 0 Å². The highest BCUT2D eigenvalue weighted by Crippen LogP contribution is 2.23. The predicted molar refractivity (Wildman–Crippen MR) is 137 cm³/mol. The molecule has 0 bridgehead atoms. The molecule has 1 atom stereocenters. The molecule has 0 heterocycles. The molecule has 2 amide bonds. The van der Waals surface area contributed by atoms with Gasteiger partial charge in [0, 0.05) is 30.6 Å². The largest absolute Gasteiger partial charge is 0.352 e. The molecule has 0 aliphatic heterocycles. The van der Waals surface area contributed by atoms with E-state index in [1.807, 2.05) is 45.0 Å². The number of halogens is 1. The molecule has 2 aromatic carbocycles. The molecule has 0 saturated heterocycles. The van der Waals surface area contributed by atoms with E-state index in [9.17, 15) is 18.0 Å². The third-order valence-corrected chi connectivity index (χ3v) is 6.88. The van der Waals surface area contributed by atoms with Crippen LogP contribution in [0.4, 0.5) is 5.69 Å². The maximum atomic E-state index is 13.3. The smallest absolute Gasteiger partial charge is 0.242 e. The van der Waals surface area contributed by atoms with Gasteiger partial charge in [-0.3, -0.25) is 13.9 Å². The van der Waals surface area contributed by atoms with Crippen molar-refractivity contribution >= 4 is 39.1 Å². The zero-order valence-electron chi connectivity index (χ0n) is 20.4. The van der Waals surface area contributed by atoms with Gasteiger partial charge in [-0.25, -0.2) is 8.42 Å². The summed E-state index contributed by atoms with van der Waals surface area (Å²) in [5, 5.41) is 3.29. The van der Waals surface area contributed by atoms with Crippen LogP contribution in [0.3, 0.4) is 0 Å². The summed E-state index contributed by atoms with van der Waals surface area (Å²) in [6.45, 7) is 7.83. The molecule has 0 fully saturated rings. The Morgan fingerprint density at radius 2 is 1.74 bits per heavy atom. The lowest BCUT2D eigenvalue weighted by molar-refractivity contribution is -0.140. The van der Waals surface area contributed by atoms with E-state index in [0.29, 0.717) is 23.7 Å². The second-order valence-corrected chi connectivity index (χ2v) is 11.0. The molecule has 2 rings (SSSR count). The summed E-state index contributed by atoms with van der Waals surface area (Å²) in [7, 11) is -3.56. The van der Waals surface area contributed by atoms with Crippen molar-refractivity contribution in [1.29, 1.82) is 0 Å². The van der Waals surface area contributed by atoms with Gasteiger partial charge in [0.25, 0.3) is 0 Å². The standard InChI is InChI=1S/C25H34ClN3O4S/c1-18(2)27-25(31)20(4)28(17-21-11-7-6-10-19(21)3)24(30)14-9-15-29(34(5,32)33)23-13-8-12-22(26)16-23/h6-8,10-13,16,18,20H,9,14-15,17H2,1-5H3,(H,27,31)/t20-/m1/s1. The van der Waals surface area contributed by atoms with Crippen molar-refractivity contribution in [2.24, 2.45) is 0 Å². The number of carbonyl (C=O) groups excluding carboxylic acids is 2. The highest BCUT2D eigenvalue weighted by Gasteiger charge is 2.27. The van der Waals surface area contributed by atoms with Gasteiger partial charge >= 0.3 is 0 Å². The van der Waals surface area contributed by atoms with Gasteiger partial charge in [0.15, 0.2) is 0 Å². The summed E-state index contributed by atoms with van der Waals surface area (Å²) in [5.41, 5.74) is 2.43. The van der Waals surface area contributed by atoms with Crippen molar-refractivity contribution in [2.75, 3.05) is 17.1 Å². The van der Waals surface area contributed by atoms with E-state index < -0.39 is 16.1 Å². The predicted octanol–water partition coefficient (Wildman–Crippen LogP) is 4.14. The molecule has 0 unspecified atom stereocenters. The highest BCUT2D eigenvalue weighted by atomic mass is 35.5. The molecule has 186 valence electrons. The van der Waals surface area contributed by atoms with Crippen LogP contribution in [0.2, 0.25) is 5.02 Å². The number of hydrogen-bond donors (Lipinski definition) is 1. The molecule has 1 N–H and O–H groups in total. The lowest BCUT2D eigenvalue weighted by atomic mass is 10.1. The number of rotatable bonds is 11. The van der Waals surface area contributed by atoms with Crippen molar-refractivity contribution in [1.82, 2.24) is 10.2 Å². The Bertz CT molecular complexity index is 1100. The minimum absolute atomic E-state index is 0.0496. The average molecular weight is 508 g/mol. The molecule has 7 nitrogen and oxygen atoms in total. The van der Waals surface area contributed by atoms with E-state index in [1.165, 1.54) is 4.31 Å². The molecule has 9 heteroatoms. The van der Waals surface area contributed by atoms with Gasteiger partial charge in [0.05, 0.1) is 11.9 Å². The number of hydrogen-bond acceptors (Lipinski definition) is 4. The summed E-state index contributed by atoms with van der Waals surface area (Å²) in [5.74, 6) is -0.442. The van der Waals surface area contributed by atoms with Gasteiger partial charge < -0.3 is 10.2 Å². The van der Waals surface area contributed by atoms with E-state index in [0.717, 1.165) is 17.4 Å². The fourth-order valence-corrected chi connectivity index (χ4v) is 4.74. The number of benzene rings is 2. The van der Waals surface area contributed by atoms with Gasteiger partial charge in [0.2, 0.25) is 21.8 Å². The maximum Gasteiger partial charge on any atom is 0.242 e. The molecule has 2 aromatic rings. The van der Waals surface area contributed by atoms with Crippen LogP contribution >= 0.6 is 11.6 Å². The Morgan fingerprint density at radius 1 is 1.06 bits per heavy atom. The van der Waals surface area contributed by atoms with Crippen LogP contribution in [0.5, 0.6) is 0 Å². The quantitative estimate of drug-likeness (QED) is 0.495. The fourth-order valence-electron chi connectivity index (χ4n) is 3.59. The van der Waals surface area contributed by atoms with Crippen LogP contribution in [0.1, 0.15) is 44.7 Å². The zero-order valence-corrected chi connectivity index (χ0v) is 22.0. The van der Waals surface area contributed by atoms with Gasteiger partial charge in [-0.05, 0) is 63.4 Å². The Labute approximate surface area is 208 Å². The summed E-state index contributed by atoms with van der Waals surface area (Å²) in [6.07, 6.45) is 1.51. The first-order chi connectivity index (χ1) is 15.9. The van der Waals surface area contributed by atoms with Crippen LogP contribution in [0.25, 0.3) is 0 Å². The second kappa shape index (κ2) is 12.2. The van der Waals surface area contributed by atoms with Gasteiger partial charge in [-0.2, -0.15) is 0 Å². The summed E-state index contributed by atoms with van der Waals surface area (Å²) < 4.78 is 26.0. The fraction of sp³-hybridized carbons (Fsp3) is 0.440. The van der Waals surface area contributed by atoms with E-state index >= 15 is 0 Å². The second-order valence-electron chi connectivity index (χ2n) is 8.71. The van der Waals surface area contributed by atoms with Crippen LogP contribution in [0.15, 0.2) is 48.5 Å². The molecule has 0 spiro atoms. The minimum Gasteiger partial charge on any atom is -0.352 e. The molecule has 0 aliphatic carbocycles. The maximum absolute atomic E-state index is 13.3. The van der Waals surface area contributed by atoms with Crippen LogP contribution in [-0.2, 0) is 26.2 Å². The summed E-state index contributed by atoms with van der Waals surface area (Å²) in [4.78, 5) is 27.5. The first-order valence-electron chi connectivity index (χ1n) is 11.3. The first-order valence-corrected chi connectivity index (χ1v) is 13.5. The Kier molecular flexibility index (Phi) is 9.94. The first kappa shape index (κ1) is 27.7. The molecule has 0 aromatic heterocycles. The number of anilines is 1. The van der Waals surface area contributed by atoms with E-state index in [4.69, 9.17) is 11.6 Å². The van der Waals surface area contributed by atoms with Crippen LogP contribution < -0.4 is 9.62 Å². The number of amides is 2. The lowest BCUT2D eigenvalue weighted by Gasteiger charge is -2.30. The topological polar surface area (TPSA) is 86.8 Å². The molecular weight excluding hydrogens is 474 g/mol. The zero-order chi connectivity index (χ0) is 25.5. The normalized spacial score (nSPS) is 12.3. The Morgan fingerprint density at radius 3 is 2.32 bits per heavy atom. The number of sulfonamides is 1. The number of nitrogens with one attached hydrogen (secondary N) is 1. The summed E-state index contributed by atoms with van der Waals surface area (Å²) in [6, 6.07) is 13.6. The van der Waals surface area contributed by atoms with Crippen LogP contribution in [0, 0.1) is 6.92 Å². The SMILES string of the molecule is Cc1ccccc1CN(C(=O)CCCN(c1cccc(Cl)c1)S(C)(=O)=O)[C@H](C)C(=O)NC(C)C. The Hall–Kier alpha value is -2.58. The number of aryl methyl sites for hydroxylation is 1. The molecule has 0 aliphatic rings. The molecule has 34 heavy (non-hydrogen) atoms. The monoisotopic (exact) mass is 507 g/mol. The van der Waals surface area contributed by atoms with Gasteiger partial charge in [-0.15, -0.1) is 0 Å². The number of carbonyl (C=O) groups is 2. The Balaban J connectivity index is 2.18. The minimum atomic E-state index is -3.56. The third kappa shape index (κ3) is 8.02. The van der Waals surface area contributed by atoms with E-state index in [1.54, 1.807) is 36.1 Å². The molecule has 0 radical (unpaired) electrons. The van der Waals surface area contributed by atoms with Crippen LogP contribution in [-0.4, -0.2) is 50.0 Å². The lowest BCUT2D eigenvalue weighted by Crippen LogP contribution is -2.49. The molecular formula is C25H34ClN3O4S. The van der Waals surface area contributed by atoms with E-state index in [2.05, 4.69) is 5.32 Å². The highest BCUT2D eigenvalue weighted by molar-refractivity contribution is 7.92. The van der Waals surface area contributed by atoms with Gasteiger partial charge in [0.1, 0.15) is 6.04 Å². The van der Waals surface area contributed by atoms with Crippen molar-refractivity contribution in [3.05, 3.63) is 64.7 Å².